The molecule has 10 aromatic carbocycles. The summed E-state index contributed by atoms with van der Waals surface area (Å²) in [7, 11) is 0. The van der Waals surface area contributed by atoms with E-state index in [1.54, 1.807) is 0 Å². The van der Waals surface area contributed by atoms with E-state index in [1.807, 2.05) is 11.3 Å². The molecule has 0 spiro atoms. The third-order valence-electron chi connectivity index (χ3n) is 11.0. The molecule has 0 radical (unpaired) electrons. The van der Waals surface area contributed by atoms with Gasteiger partial charge in [0.25, 0.3) is 0 Å². The smallest absolute Gasteiger partial charge is 0.0540 e. The van der Waals surface area contributed by atoms with Gasteiger partial charge in [0.2, 0.25) is 0 Å². The first-order chi connectivity index (χ1) is 26.8. The summed E-state index contributed by atoms with van der Waals surface area (Å²) in [6, 6.07) is 73.8. The maximum atomic E-state index is 2.48. The summed E-state index contributed by atoms with van der Waals surface area (Å²) >= 11 is 1.88. The Morgan fingerprint density at radius 1 is 0.259 bits per heavy atom. The Labute approximate surface area is 316 Å². The van der Waals surface area contributed by atoms with E-state index >= 15 is 0 Å². The highest BCUT2D eigenvalue weighted by Gasteiger charge is 2.18. The molecule has 0 aliphatic heterocycles. The van der Waals surface area contributed by atoms with Crippen LogP contribution in [0.1, 0.15) is 0 Å². The van der Waals surface area contributed by atoms with Crippen LogP contribution >= 0.6 is 11.3 Å². The number of benzene rings is 9. The van der Waals surface area contributed by atoms with Crippen molar-refractivity contribution in [2.24, 2.45) is 0 Å². The van der Waals surface area contributed by atoms with Gasteiger partial charge in [0.15, 0.2) is 0 Å². The lowest BCUT2D eigenvalue weighted by Crippen LogP contribution is -2.10. The van der Waals surface area contributed by atoms with Crippen molar-refractivity contribution in [2.45, 2.75) is 0 Å². The number of nitrogens with zero attached hydrogens (tertiary/aromatic N) is 1. The first kappa shape index (κ1) is 30.8. The zero-order chi connectivity index (χ0) is 35.6. The van der Waals surface area contributed by atoms with E-state index in [0.29, 0.717) is 0 Å². The van der Waals surface area contributed by atoms with Crippen molar-refractivity contribution in [3.63, 3.8) is 0 Å². The molecule has 1 heterocycles. The summed E-state index contributed by atoms with van der Waals surface area (Å²) in [6.07, 6.45) is 0. The van der Waals surface area contributed by atoms with Gasteiger partial charge in [0.1, 0.15) is 0 Å². The Hall–Kier alpha value is -6.74. The Bertz CT molecular complexity index is 3340. The van der Waals surface area contributed by atoms with E-state index in [2.05, 4.69) is 205 Å². The third-order valence-corrected chi connectivity index (χ3v) is 12.2. The minimum atomic E-state index is 1.11. The standard InChI is InChI=1S/C52H33NS/c1-2-17-35(18-3-1)53(50-27-14-16-34-15-4-5-19-37(34)50)36-29-30-44-42-24-9-8-22-40(42)38-20-6-7-21-39(38)41-23-10-11-25-43(41)48-33-52-49(32-47(48)46(44)31-36)45-26-12-13-28-51(45)54-52/h1-33H. The molecule has 0 saturated heterocycles. The molecule has 54 heavy (non-hydrogen) atoms. The van der Waals surface area contributed by atoms with Crippen LogP contribution in [-0.2, 0) is 0 Å². The van der Waals surface area contributed by atoms with Gasteiger partial charge in [-0.15, -0.1) is 11.3 Å². The third kappa shape index (κ3) is 4.85. The van der Waals surface area contributed by atoms with Crippen LogP contribution in [0.25, 0.3) is 84.8 Å². The monoisotopic (exact) mass is 703 g/mol. The van der Waals surface area contributed by atoms with Gasteiger partial charge >= 0.3 is 0 Å². The molecule has 2 heteroatoms. The van der Waals surface area contributed by atoms with Gasteiger partial charge in [-0.2, -0.15) is 0 Å². The summed E-state index contributed by atoms with van der Waals surface area (Å²) in [5.74, 6) is 0. The lowest BCUT2D eigenvalue weighted by molar-refractivity contribution is 1.30. The van der Waals surface area contributed by atoms with Crippen LogP contribution in [0.4, 0.5) is 17.1 Å². The first-order valence-corrected chi connectivity index (χ1v) is 19.3. The van der Waals surface area contributed by atoms with E-state index in [4.69, 9.17) is 0 Å². The van der Waals surface area contributed by atoms with Crippen LogP contribution in [0.2, 0.25) is 0 Å². The molecule has 0 bridgehead atoms. The molecule has 11 rings (SSSR count). The highest BCUT2D eigenvalue weighted by atomic mass is 32.1. The summed E-state index contributed by atoms with van der Waals surface area (Å²) in [6.45, 7) is 0. The quantitative estimate of drug-likeness (QED) is 0.177. The fourth-order valence-electron chi connectivity index (χ4n) is 8.61. The fourth-order valence-corrected chi connectivity index (χ4v) is 9.74. The van der Waals surface area contributed by atoms with Gasteiger partial charge in [-0.25, -0.2) is 0 Å². The molecule has 1 nitrogen and oxygen atoms in total. The van der Waals surface area contributed by atoms with E-state index in [1.165, 1.54) is 84.8 Å². The minimum absolute atomic E-state index is 1.11. The number of hydrogen-bond acceptors (Lipinski definition) is 2. The fraction of sp³-hybridized carbons (Fsp3) is 0. The predicted octanol–water partition coefficient (Wildman–Crippen LogP) is 15.6. The number of thiophene rings is 1. The van der Waals surface area contributed by atoms with Crippen LogP contribution in [0.15, 0.2) is 200 Å². The second-order valence-electron chi connectivity index (χ2n) is 14.0. The maximum absolute atomic E-state index is 2.48. The maximum Gasteiger partial charge on any atom is 0.0540 e. The predicted molar refractivity (Wildman–Crippen MR) is 237 cm³/mol. The minimum Gasteiger partial charge on any atom is -0.310 e. The van der Waals surface area contributed by atoms with Crippen molar-refractivity contribution >= 4 is 113 Å². The summed E-state index contributed by atoms with van der Waals surface area (Å²) in [5, 5.41) is 17.4. The second-order valence-corrected chi connectivity index (χ2v) is 15.1. The highest BCUT2D eigenvalue weighted by molar-refractivity contribution is 7.25. The van der Waals surface area contributed by atoms with Crippen molar-refractivity contribution < 1.29 is 0 Å². The molecule has 0 fully saturated rings. The highest BCUT2D eigenvalue weighted by Crippen LogP contribution is 2.44. The largest absolute Gasteiger partial charge is 0.310 e. The van der Waals surface area contributed by atoms with E-state index in [9.17, 15) is 0 Å². The van der Waals surface area contributed by atoms with E-state index in [0.717, 1.165) is 17.1 Å². The molecular weight excluding hydrogens is 671 g/mol. The van der Waals surface area contributed by atoms with Crippen LogP contribution < -0.4 is 4.90 Å². The molecule has 11 aromatic rings. The first-order valence-electron chi connectivity index (χ1n) is 18.5. The number of rotatable bonds is 3. The topological polar surface area (TPSA) is 3.24 Å². The molecule has 0 unspecified atom stereocenters. The number of fused-ring (bicyclic) bond motifs is 14. The van der Waals surface area contributed by atoms with Gasteiger partial charge in [-0.05, 0) is 108 Å². The molecule has 0 amide bonds. The van der Waals surface area contributed by atoms with Crippen molar-refractivity contribution in [1.29, 1.82) is 0 Å². The SMILES string of the molecule is c1ccc(N(c2ccc3c4ccccc4c4ccccc4c4ccccc4c4cc5sc6ccccc6c5cc4c3c2)c2cccc3ccccc23)cc1. The average Bonchev–Trinajstić information content (AvgIpc) is 3.61. The lowest BCUT2D eigenvalue weighted by Gasteiger charge is -2.27. The van der Waals surface area contributed by atoms with Crippen LogP contribution in [0.5, 0.6) is 0 Å². The number of para-hydroxylation sites is 1. The van der Waals surface area contributed by atoms with Gasteiger partial charge in [0.05, 0.1) is 5.69 Å². The van der Waals surface area contributed by atoms with Crippen molar-refractivity contribution in [3.05, 3.63) is 200 Å². The Balaban J connectivity index is 1.39. The Morgan fingerprint density at radius 3 is 1.41 bits per heavy atom. The molecule has 0 saturated carbocycles. The molecule has 0 atom stereocenters. The van der Waals surface area contributed by atoms with Gasteiger partial charge in [-0.3, -0.25) is 0 Å². The van der Waals surface area contributed by atoms with Crippen LogP contribution in [0, 0.1) is 0 Å². The molecule has 0 N–H and O–H groups in total. The summed E-state index contributed by atoms with van der Waals surface area (Å²) < 4.78 is 2.61. The van der Waals surface area contributed by atoms with Crippen LogP contribution in [-0.4, -0.2) is 0 Å². The van der Waals surface area contributed by atoms with Gasteiger partial charge < -0.3 is 4.90 Å². The van der Waals surface area contributed by atoms with Crippen molar-refractivity contribution in [2.75, 3.05) is 4.90 Å². The van der Waals surface area contributed by atoms with E-state index < -0.39 is 0 Å². The number of anilines is 3. The van der Waals surface area contributed by atoms with Gasteiger partial charge in [-0.1, -0.05) is 152 Å². The Morgan fingerprint density at radius 2 is 0.741 bits per heavy atom. The van der Waals surface area contributed by atoms with Gasteiger partial charge in [0, 0.05) is 36.9 Å². The number of hydrogen-bond donors (Lipinski definition) is 0. The zero-order valence-electron chi connectivity index (χ0n) is 29.4. The molecule has 252 valence electrons. The Kier molecular flexibility index (Phi) is 7.11. The van der Waals surface area contributed by atoms with Crippen molar-refractivity contribution in [1.82, 2.24) is 0 Å². The van der Waals surface area contributed by atoms with E-state index in [-0.39, 0.29) is 0 Å². The summed E-state index contributed by atoms with van der Waals surface area (Å²) in [4.78, 5) is 2.43. The summed E-state index contributed by atoms with van der Waals surface area (Å²) in [5.41, 5.74) is 3.38. The average molecular weight is 704 g/mol. The molecule has 0 aliphatic rings. The molecular formula is C52H33NS. The van der Waals surface area contributed by atoms with Crippen molar-refractivity contribution in [3.8, 4) is 0 Å². The molecule has 1 aromatic heterocycles. The normalized spacial score (nSPS) is 11.7. The van der Waals surface area contributed by atoms with Crippen LogP contribution in [0.3, 0.4) is 0 Å². The second kappa shape index (κ2) is 12.4. The molecule has 0 aliphatic carbocycles. The zero-order valence-corrected chi connectivity index (χ0v) is 30.2. The lowest BCUT2D eigenvalue weighted by atomic mass is 9.93.